The second kappa shape index (κ2) is 8.51. The van der Waals surface area contributed by atoms with Gasteiger partial charge < -0.3 is 5.32 Å². The first kappa shape index (κ1) is 16.5. The number of hydrogen-bond acceptors (Lipinski definition) is 1. The van der Waals surface area contributed by atoms with Crippen molar-refractivity contribution < 1.29 is 0 Å². The van der Waals surface area contributed by atoms with Crippen molar-refractivity contribution in [3.8, 4) is 11.1 Å². The molecule has 1 N–H and O–H groups in total. The van der Waals surface area contributed by atoms with Crippen molar-refractivity contribution in [2.75, 3.05) is 5.32 Å². The Bertz CT molecular complexity index is 854. The molecule has 3 aromatic carbocycles. The first-order chi connectivity index (χ1) is 12.3. The monoisotopic (exact) mass is 323 g/mol. The van der Waals surface area contributed by atoms with Gasteiger partial charge in [-0.1, -0.05) is 91.6 Å². The second-order valence-corrected chi connectivity index (χ2v) is 5.67. The summed E-state index contributed by atoms with van der Waals surface area (Å²) < 4.78 is 0. The number of hydrogen-bond donors (Lipinski definition) is 1. The van der Waals surface area contributed by atoms with Gasteiger partial charge in [0.05, 0.1) is 0 Å². The fraction of sp³-hybridized carbons (Fsp3) is 0. The van der Waals surface area contributed by atoms with Crippen LogP contribution in [0.2, 0.25) is 0 Å². The van der Waals surface area contributed by atoms with Crippen molar-refractivity contribution in [2.45, 2.75) is 0 Å². The Labute approximate surface area is 149 Å². The number of rotatable bonds is 6. The lowest BCUT2D eigenvalue weighted by atomic mass is 10.0. The summed E-state index contributed by atoms with van der Waals surface area (Å²) in [5.74, 6) is 0. The van der Waals surface area contributed by atoms with E-state index >= 15 is 0 Å². The van der Waals surface area contributed by atoms with E-state index in [1.54, 1.807) is 6.08 Å². The van der Waals surface area contributed by atoms with Gasteiger partial charge in [-0.3, -0.25) is 0 Å². The maximum absolute atomic E-state index is 3.65. The highest BCUT2D eigenvalue weighted by Crippen LogP contribution is 2.24. The summed E-state index contributed by atoms with van der Waals surface area (Å²) in [5, 5.41) is 3.40. The summed E-state index contributed by atoms with van der Waals surface area (Å²) in [6, 6.07) is 27.2. The molecule has 3 rings (SSSR count). The summed E-state index contributed by atoms with van der Waals surface area (Å²) in [6.07, 6.45) is 9.75. The first-order valence-electron chi connectivity index (χ1n) is 8.33. The topological polar surface area (TPSA) is 12.0 Å². The third-order valence-corrected chi connectivity index (χ3v) is 3.84. The minimum atomic E-state index is 1.09. The van der Waals surface area contributed by atoms with Gasteiger partial charge >= 0.3 is 0 Å². The van der Waals surface area contributed by atoms with Gasteiger partial charge in [0, 0.05) is 11.4 Å². The molecule has 3 aromatic rings. The molecule has 0 saturated heterocycles. The molecule has 0 fully saturated rings. The minimum absolute atomic E-state index is 1.09. The molecular weight excluding hydrogens is 302 g/mol. The molecular formula is C24H21N. The third-order valence-electron chi connectivity index (χ3n) is 3.84. The lowest BCUT2D eigenvalue weighted by Crippen LogP contribution is -1.89. The minimum Gasteiger partial charge on any atom is -0.356 e. The quantitative estimate of drug-likeness (QED) is 0.489. The zero-order valence-electron chi connectivity index (χ0n) is 14.1. The van der Waals surface area contributed by atoms with Gasteiger partial charge in [0.15, 0.2) is 0 Å². The summed E-state index contributed by atoms with van der Waals surface area (Å²) in [5.41, 5.74) is 5.78. The van der Waals surface area contributed by atoms with Crippen LogP contribution in [0.15, 0.2) is 110 Å². The molecule has 1 nitrogen and oxygen atoms in total. The van der Waals surface area contributed by atoms with Crippen LogP contribution in [0.1, 0.15) is 5.56 Å². The average Bonchev–Trinajstić information content (AvgIpc) is 2.67. The number of nitrogens with one attached hydrogen (secondary N) is 1. The molecule has 1 heteroatoms. The van der Waals surface area contributed by atoms with Crippen LogP contribution in [0.3, 0.4) is 0 Å². The number of anilines is 2. The maximum Gasteiger partial charge on any atom is 0.0384 e. The van der Waals surface area contributed by atoms with E-state index in [-0.39, 0.29) is 0 Å². The maximum atomic E-state index is 3.65. The Hall–Kier alpha value is -3.32. The second-order valence-electron chi connectivity index (χ2n) is 5.67. The molecule has 0 unspecified atom stereocenters. The van der Waals surface area contributed by atoms with Crippen LogP contribution in [0.25, 0.3) is 17.2 Å². The molecule has 0 heterocycles. The molecule has 0 amide bonds. The van der Waals surface area contributed by atoms with E-state index in [2.05, 4.69) is 78.6 Å². The SMILES string of the molecule is C=C/C=C\C=C\c1ccc(-c2ccc(Nc3ccccc3)cc2)cc1. The molecule has 0 aliphatic carbocycles. The zero-order chi connectivity index (χ0) is 17.3. The van der Waals surface area contributed by atoms with Gasteiger partial charge in [-0.2, -0.15) is 0 Å². The van der Waals surface area contributed by atoms with Gasteiger partial charge in [-0.25, -0.2) is 0 Å². The molecule has 0 radical (unpaired) electrons. The number of para-hydroxylation sites is 1. The van der Waals surface area contributed by atoms with Crippen LogP contribution in [0, 0.1) is 0 Å². The summed E-state index contributed by atoms with van der Waals surface area (Å²) in [7, 11) is 0. The molecule has 0 saturated carbocycles. The highest BCUT2D eigenvalue weighted by Gasteiger charge is 1.99. The van der Waals surface area contributed by atoms with E-state index in [0.717, 1.165) is 11.4 Å². The Balaban J connectivity index is 1.68. The molecule has 0 aliphatic heterocycles. The van der Waals surface area contributed by atoms with Crippen LogP contribution in [0.5, 0.6) is 0 Å². The van der Waals surface area contributed by atoms with Crippen LogP contribution >= 0.6 is 0 Å². The molecule has 122 valence electrons. The Morgan fingerprint density at radius 3 is 1.84 bits per heavy atom. The molecule has 0 aromatic heterocycles. The highest BCUT2D eigenvalue weighted by molar-refractivity contribution is 5.69. The predicted octanol–water partition coefficient (Wildman–Crippen LogP) is 6.85. The molecule has 25 heavy (non-hydrogen) atoms. The Morgan fingerprint density at radius 1 is 0.600 bits per heavy atom. The summed E-state index contributed by atoms with van der Waals surface area (Å²) in [6.45, 7) is 3.65. The Kier molecular flexibility index (Phi) is 5.63. The van der Waals surface area contributed by atoms with E-state index < -0.39 is 0 Å². The summed E-state index contributed by atoms with van der Waals surface area (Å²) in [4.78, 5) is 0. The number of allylic oxidation sites excluding steroid dienone is 4. The van der Waals surface area contributed by atoms with Crippen molar-refractivity contribution in [1.82, 2.24) is 0 Å². The van der Waals surface area contributed by atoms with Crippen LogP contribution < -0.4 is 5.32 Å². The van der Waals surface area contributed by atoms with E-state index in [0.29, 0.717) is 0 Å². The van der Waals surface area contributed by atoms with Gasteiger partial charge in [-0.05, 0) is 41.0 Å². The van der Waals surface area contributed by atoms with E-state index in [9.17, 15) is 0 Å². The molecule has 0 aliphatic rings. The standard InChI is InChI=1S/C24H21N/c1-2-3-4-6-9-20-12-14-21(15-13-20)22-16-18-24(19-17-22)25-23-10-7-5-8-11-23/h2-19,25H,1H2/b4-3-,9-6+. The normalized spacial score (nSPS) is 11.0. The van der Waals surface area contributed by atoms with E-state index in [4.69, 9.17) is 0 Å². The summed E-state index contributed by atoms with van der Waals surface area (Å²) >= 11 is 0. The Morgan fingerprint density at radius 2 is 1.20 bits per heavy atom. The van der Waals surface area contributed by atoms with Gasteiger partial charge in [0.1, 0.15) is 0 Å². The molecule has 0 atom stereocenters. The molecule has 0 spiro atoms. The van der Waals surface area contributed by atoms with Gasteiger partial charge in [-0.15, -0.1) is 0 Å². The first-order valence-corrected chi connectivity index (χ1v) is 8.33. The van der Waals surface area contributed by atoms with E-state index in [1.165, 1.54) is 16.7 Å². The van der Waals surface area contributed by atoms with Crippen LogP contribution in [-0.4, -0.2) is 0 Å². The van der Waals surface area contributed by atoms with Gasteiger partial charge in [0.25, 0.3) is 0 Å². The van der Waals surface area contributed by atoms with Crippen molar-refractivity contribution in [3.05, 3.63) is 115 Å². The van der Waals surface area contributed by atoms with Gasteiger partial charge in [0.2, 0.25) is 0 Å². The lowest BCUT2D eigenvalue weighted by molar-refractivity contribution is 1.54. The molecule has 0 bridgehead atoms. The third kappa shape index (κ3) is 4.82. The van der Waals surface area contributed by atoms with Crippen LogP contribution in [0.4, 0.5) is 11.4 Å². The van der Waals surface area contributed by atoms with Crippen molar-refractivity contribution in [2.24, 2.45) is 0 Å². The largest absolute Gasteiger partial charge is 0.356 e. The predicted molar refractivity (Wildman–Crippen MR) is 110 cm³/mol. The fourth-order valence-electron chi connectivity index (χ4n) is 2.53. The van der Waals surface area contributed by atoms with E-state index in [1.807, 2.05) is 36.4 Å². The smallest absolute Gasteiger partial charge is 0.0384 e. The highest BCUT2D eigenvalue weighted by atomic mass is 14.9. The number of benzene rings is 3. The van der Waals surface area contributed by atoms with Crippen molar-refractivity contribution in [1.29, 1.82) is 0 Å². The van der Waals surface area contributed by atoms with Crippen molar-refractivity contribution >= 4 is 17.5 Å². The zero-order valence-corrected chi connectivity index (χ0v) is 14.1. The van der Waals surface area contributed by atoms with Crippen molar-refractivity contribution in [3.63, 3.8) is 0 Å². The fourth-order valence-corrected chi connectivity index (χ4v) is 2.53. The van der Waals surface area contributed by atoms with Crippen LogP contribution in [-0.2, 0) is 0 Å². The average molecular weight is 323 g/mol. The lowest BCUT2D eigenvalue weighted by Gasteiger charge is -2.08.